The van der Waals surface area contributed by atoms with E-state index >= 15 is 0 Å². The van der Waals surface area contributed by atoms with Crippen LogP contribution in [0.25, 0.3) is 22.0 Å². The van der Waals surface area contributed by atoms with Crippen molar-refractivity contribution in [1.29, 1.82) is 0 Å². The van der Waals surface area contributed by atoms with Gasteiger partial charge in [-0.1, -0.05) is 30.3 Å². The minimum Gasteiger partial charge on any atom is -0.448 e. The summed E-state index contributed by atoms with van der Waals surface area (Å²) in [4.78, 5) is 12.6. The van der Waals surface area contributed by atoms with Crippen LogP contribution in [0.5, 0.6) is 0 Å². The van der Waals surface area contributed by atoms with Gasteiger partial charge in [0.2, 0.25) is 0 Å². The van der Waals surface area contributed by atoms with Gasteiger partial charge in [-0.2, -0.15) is 0 Å². The van der Waals surface area contributed by atoms with E-state index in [-0.39, 0.29) is 13.3 Å². The maximum atomic E-state index is 14.2. The average molecular weight is 339 g/mol. The van der Waals surface area contributed by atoms with Gasteiger partial charge in [0, 0.05) is 16.5 Å². The van der Waals surface area contributed by atoms with E-state index in [1.807, 2.05) is 0 Å². The molecule has 0 aliphatic carbocycles. The molecule has 0 atom stereocenters. The van der Waals surface area contributed by atoms with Crippen molar-refractivity contribution in [2.75, 3.05) is 0 Å². The molecule has 1 aromatic heterocycles. The van der Waals surface area contributed by atoms with E-state index in [1.54, 1.807) is 63.2 Å². The average Bonchev–Trinajstić information content (AvgIpc) is 2.92. The molecule has 0 amide bonds. The summed E-state index contributed by atoms with van der Waals surface area (Å²) < 4.78 is 21.0. The fraction of sp³-hybridized carbons (Fsp3) is 0.211. The molecule has 0 spiro atoms. The summed E-state index contributed by atoms with van der Waals surface area (Å²) in [5, 5.41) is 10.4. The van der Waals surface area contributed by atoms with E-state index < -0.39 is 11.7 Å². The first-order valence-corrected chi connectivity index (χ1v) is 8.04. The Morgan fingerprint density at radius 1 is 1.12 bits per heavy atom. The summed E-state index contributed by atoms with van der Waals surface area (Å²) in [7, 11) is -0.329. The second-order valence-corrected chi connectivity index (χ2v) is 6.83. The minimum atomic E-state index is -0.663. The molecule has 0 saturated heterocycles. The van der Waals surface area contributed by atoms with Gasteiger partial charge >= 0.3 is 13.6 Å². The molecule has 0 aliphatic rings. The normalized spacial score (nSPS) is 11.6. The van der Waals surface area contributed by atoms with Crippen molar-refractivity contribution < 1.29 is 18.9 Å². The molecule has 128 valence electrons. The smallest absolute Gasteiger partial charge is 0.418 e. The Kier molecular flexibility index (Phi) is 4.39. The summed E-state index contributed by atoms with van der Waals surface area (Å²) in [6, 6.07) is 13.5. The molecule has 3 rings (SSSR count). The zero-order valence-corrected chi connectivity index (χ0v) is 14.4. The van der Waals surface area contributed by atoms with Gasteiger partial charge in [0.1, 0.15) is 11.4 Å². The van der Waals surface area contributed by atoms with Crippen LogP contribution in [-0.4, -0.2) is 28.8 Å². The standard InChI is InChI=1S/C19H19BFNO3/c1-19(2,3)25-18(23)22-16-10-6-8-12(14(16)11-17(22)20-24)13-7-4-5-9-15(13)21/h4-11,20,24H,1-3H3. The molecule has 25 heavy (non-hydrogen) atoms. The van der Waals surface area contributed by atoms with E-state index in [9.17, 15) is 14.2 Å². The lowest BCUT2D eigenvalue weighted by Gasteiger charge is -2.20. The number of carbonyl (C=O) groups is 1. The van der Waals surface area contributed by atoms with Crippen molar-refractivity contribution in [1.82, 2.24) is 4.57 Å². The van der Waals surface area contributed by atoms with Crippen LogP contribution in [-0.2, 0) is 4.74 Å². The monoisotopic (exact) mass is 339 g/mol. The molecule has 2 aromatic carbocycles. The molecule has 0 saturated carbocycles. The highest BCUT2D eigenvalue weighted by atomic mass is 19.1. The second kappa shape index (κ2) is 6.37. The van der Waals surface area contributed by atoms with Gasteiger partial charge in [-0.25, -0.2) is 9.18 Å². The number of aromatic nitrogens is 1. The van der Waals surface area contributed by atoms with Gasteiger partial charge in [-0.15, -0.1) is 0 Å². The molecule has 0 bridgehead atoms. The predicted octanol–water partition coefficient (Wildman–Crippen LogP) is 3.20. The fourth-order valence-electron chi connectivity index (χ4n) is 2.84. The summed E-state index contributed by atoms with van der Waals surface area (Å²) in [5.41, 5.74) is 1.41. The number of nitrogens with zero attached hydrogens (tertiary/aromatic N) is 1. The first kappa shape index (κ1) is 17.2. The maximum absolute atomic E-state index is 14.2. The lowest BCUT2D eigenvalue weighted by Crippen LogP contribution is -2.34. The molecule has 0 aliphatic heterocycles. The van der Waals surface area contributed by atoms with E-state index in [2.05, 4.69) is 0 Å². The number of fused-ring (bicyclic) bond motifs is 1. The third-order valence-corrected chi connectivity index (χ3v) is 3.82. The van der Waals surface area contributed by atoms with Gasteiger partial charge < -0.3 is 9.76 Å². The van der Waals surface area contributed by atoms with Crippen LogP contribution < -0.4 is 5.59 Å². The van der Waals surface area contributed by atoms with Crippen molar-refractivity contribution >= 4 is 30.1 Å². The summed E-state index contributed by atoms with van der Waals surface area (Å²) in [6.45, 7) is 5.33. The largest absolute Gasteiger partial charge is 0.448 e. The molecular weight excluding hydrogens is 320 g/mol. The second-order valence-electron chi connectivity index (χ2n) is 6.83. The number of benzene rings is 2. The van der Waals surface area contributed by atoms with E-state index in [4.69, 9.17) is 4.74 Å². The van der Waals surface area contributed by atoms with Gasteiger partial charge in [-0.3, -0.25) is 4.57 Å². The molecule has 3 aromatic rings. The quantitative estimate of drug-likeness (QED) is 0.730. The molecule has 0 fully saturated rings. The predicted molar refractivity (Wildman–Crippen MR) is 98.0 cm³/mol. The van der Waals surface area contributed by atoms with Crippen LogP contribution in [0.1, 0.15) is 20.8 Å². The molecule has 6 heteroatoms. The van der Waals surface area contributed by atoms with Crippen molar-refractivity contribution in [3.05, 3.63) is 54.3 Å². The Morgan fingerprint density at radius 3 is 2.44 bits per heavy atom. The summed E-state index contributed by atoms with van der Waals surface area (Å²) in [6.07, 6.45) is -0.572. The number of halogens is 1. The topological polar surface area (TPSA) is 51.5 Å². The Bertz CT molecular complexity index is 943. The van der Waals surface area contributed by atoms with Crippen LogP contribution in [0.3, 0.4) is 0 Å². The third kappa shape index (κ3) is 3.30. The van der Waals surface area contributed by atoms with Crippen LogP contribution in [0.4, 0.5) is 9.18 Å². The highest BCUT2D eigenvalue weighted by Gasteiger charge is 2.23. The molecule has 0 radical (unpaired) electrons. The van der Waals surface area contributed by atoms with Crippen LogP contribution in [0, 0.1) is 5.82 Å². The molecule has 1 N–H and O–H groups in total. The number of rotatable bonds is 2. The Morgan fingerprint density at radius 2 is 1.80 bits per heavy atom. The van der Waals surface area contributed by atoms with Gasteiger partial charge in [0.05, 0.1) is 5.52 Å². The van der Waals surface area contributed by atoms with E-state index in [0.29, 0.717) is 27.6 Å². The Labute approximate surface area is 146 Å². The zero-order chi connectivity index (χ0) is 18.2. The molecular formula is C19H19BFNO3. The fourth-order valence-corrected chi connectivity index (χ4v) is 2.84. The molecule has 4 nitrogen and oxygen atoms in total. The van der Waals surface area contributed by atoms with Crippen molar-refractivity contribution in [2.45, 2.75) is 26.4 Å². The van der Waals surface area contributed by atoms with Crippen molar-refractivity contribution in [2.24, 2.45) is 0 Å². The minimum absolute atomic E-state index is 0.329. The molecule has 0 unspecified atom stereocenters. The number of ether oxygens (including phenoxy) is 1. The lowest BCUT2D eigenvalue weighted by atomic mass is 9.95. The highest BCUT2D eigenvalue weighted by molar-refractivity contribution is 6.46. The van der Waals surface area contributed by atoms with Crippen LogP contribution in [0.15, 0.2) is 48.5 Å². The zero-order valence-electron chi connectivity index (χ0n) is 14.4. The summed E-state index contributed by atoms with van der Waals surface area (Å²) in [5.74, 6) is -0.342. The Balaban J connectivity index is 2.22. The first-order chi connectivity index (χ1) is 11.8. The van der Waals surface area contributed by atoms with E-state index in [1.165, 1.54) is 10.6 Å². The lowest BCUT2D eigenvalue weighted by molar-refractivity contribution is 0.0549. The van der Waals surface area contributed by atoms with E-state index in [0.717, 1.165) is 0 Å². The SMILES string of the molecule is CC(C)(C)OC(=O)n1c(BO)cc2c(-c3ccccc3F)cccc21. The third-order valence-electron chi connectivity index (χ3n) is 3.82. The number of hydrogen-bond acceptors (Lipinski definition) is 3. The van der Waals surface area contributed by atoms with Gasteiger partial charge in [-0.05, 0) is 44.5 Å². The highest BCUT2D eigenvalue weighted by Crippen LogP contribution is 2.30. The van der Waals surface area contributed by atoms with Gasteiger partial charge in [0.25, 0.3) is 0 Å². The van der Waals surface area contributed by atoms with Gasteiger partial charge in [0.15, 0.2) is 0 Å². The van der Waals surface area contributed by atoms with Crippen molar-refractivity contribution in [3.63, 3.8) is 0 Å². The maximum Gasteiger partial charge on any atom is 0.418 e. The number of carbonyl (C=O) groups excluding carboxylic acids is 1. The summed E-state index contributed by atoms with van der Waals surface area (Å²) >= 11 is 0. The Hall–Kier alpha value is -2.60. The number of hydrogen-bond donors (Lipinski definition) is 1. The van der Waals surface area contributed by atoms with Crippen molar-refractivity contribution in [3.8, 4) is 11.1 Å². The van der Waals surface area contributed by atoms with Crippen LogP contribution in [0.2, 0.25) is 0 Å². The molecule has 1 heterocycles. The van der Waals surface area contributed by atoms with Crippen LogP contribution >= 0.6 is 0 Å². The first-order valence-electron chi connectivity index (χ1n) is 8.04.